The van der Waals surface area contributed by atoms with Gasteiger partial charge in [0.25, 0.3) is 0 Å². The van der Waals surface area contributed by atoms with E-state index in [9.17, 15) is 4.79 Å². The number of anilines is 1. The second-order valence-corrected chi connectivity index (χ2v) is 6.16. The lowest BCUT2D eigenvalue weighted by Gasteiger charge is -2.35. The number of carbonyl (C=O) groups excluding carboxylic acids is 1. The lowest BCUT2D eigenvalue weighted by atomic mass is 9.98. The number of amides is 2. The van der Waals surface area contributed by atoms with Crippen LogP contribution in [-0.4, -0.2) is 44.3 Å². The summed E-state index contributed by atoms with van der Waals surface area (Å²) in [7, 11) is 3.27. The molecule has 6 heteroatoms. The van der Waals surface area contributed by atoms with Crippen molar-refractivity contribution in [2.24, 2.45) is 0 Å². The molecule has 2 rings (SSSR count). The molecule has 1 fully saturated rings. The third-order valence-corrected chi connectivity index (χ3v) is 4.47. The van der Waals surface area contributed by atoms with Crippen LogP contribution in [0.1, 0.15) is 32.1 Å². The molecule has 1 aromatic carbocycles. The molecule has 1 aromatic rings. The van der Waals surface area contributed by atoms with Crippen molar-refractivity contribution in [3.63, 3.8) is 0 Å². The smallest absolute Gasteiger partial charge is 0.322 e. The minimum Gasteiger partial charge on any atom is -0.495 e. The van der Waals surface area contributed by atoms with Gasteiger partial charge in [0.1, 0.15) is 5.75 Å². The lowest BCUT2D eigenvalue weighted by molar-refractivity contribution is 0.141. The number of nitrogens with zero attached hydrogens (tertiary/aromatic N) is 1. The van der Waals surface area contributed by atoms with Gasteiger partial charge >= 0.3 is 6.03 Å². The van der Waals surface area contributed by atoms with Gasteiger partial charge in [-0.25, -0.2) is 4.79 Å². The zero-order chi connectivity index (χ0) is 16.7. The van der Waals surface area contributed by atoms with Crippen molar-refractivity contribution in [3.8, 4) is 5.75 Å². The van der Waals surface area contributed by atoms with Crippen LogP contribution in [0.4, 0.5) is 10.5 Å². The van der Waals surface area contributed by atoms with Crippen molar-refractivity contribution >= 4 is 23.3 Å². The van der Waals surface area contributed by atoms with Gasteiger partial charge in [0.15, 0.2) is 0 Å². The Kier molecular flexibility index (Phi) is 6.99. The minimum absolute atomic E-state index is 0.0617. The molecule has 5 nitrogen and oxygen atoms in total. The molecule has 1 atom stereocenters. The van der Waals surface area contributed by atoms with Gasteiger partial charge in [0, 0.05) is 32.0 Å². The number of carbonyl (C=O) groups is 1. The maximum atomic E-state index is 12.6. The van der Waals surface area contributed by atoms with Gasteiger partial charge in [-0.15, -0.1) is 0 Å². The molecule has 0 spiro atoms. The van der Waals surface area contributed by atoms with Crippen molar-refractivity contribution in [3.05, 3.63) is 23.2 Å². The third-order valence-electron chi connectivity index (χ3n) is 4.18. The van der Waals surface area contributed by atoms with E-state index in [1.54, 1.807) is 32.4 Å². The number of methoxy groups -OCH3 is 2. The molecular formula is C17H25ClN2O3. The second-order valence-electron chi connectivity index (χ2n) is 5.76. The molecule has 1 aliphatic heterocycles. The first-order valence-corrected chi connectivity index (χ1v) is 8.43. The zero-order valence-electron chi connectivity index (χ0n) is 13.8. The van der Waals surface area contributed by atoms with Crippen LogP contribution in [0.2, 0.25) is 5.02 Å². The van der Waals surface area contributed by atoms with Gasteiger partial charge in [-0.05, 0) is 50.3 Å². The number of hydrogen-bond donors (Lipinski definition) is 1. The average Bonchev–Trinajstić information content (AvgIpc) is 2.55. The first-order valence-electron chi connectivity index (χ1n) is 8.05. The summed E-state index contributed by atoms with van der Waals surface area (Å²) in [6.45, 7) is 1.54. The van der Waals surface area contributed by atoms with Gasteiger partial charge in [-0.1, -0.05) is 11.6 Å². The van der Waals surface area contributed by atoms with E-state index in [0.717, 1.165) is 38.8 Å². The summed E-state index contributed by atoms with van der Waals surface area (Å²) in [5, 5.41) is 3.43. The molecular weight excluding hydrogens is 316 g/mol. The van der Waals surface area contributed by atoms with E-state index < -0.39 is 0 Å². The van der Waals surface area contributed by atoms with Gasteiger partial charge < -0.3 is 19.7 Å². The molecule has 1 aliphatic rings. The number of rotatable bonds is 6. The number of benzene rings is 1. The van der Waals surface area contributed by atoms with Crippen molar-refractivity contribution < 1.29 is 14.3 Å². The van der Waals surface area contributed by atoms with E-state index >= 15 is 0 Å². The summed E-state index contributed by atoms with van der Waals surface area (Å²) in [6, 6.07) is 5.49. The molecule has 23 heavy (non-hydrogen) atoms. The van der Waals surface area contributed by atoms with Crippen LogP contribution < -0.4 is 10.1 Å². The Morgan fingerprint density at radius 2 is 2.22 bits per heavy atom. The first kappa shape index (κ1) is 17.9. The molecule has 128 valence electrons. The standard InChI is InChI=1S/C17H25ClN2O3/c1-22-11-5-7-14-6-3-4-10-20(14)17(21)19-13-8-9-16(23-2)15(18)12-13/h8-9,12,14H,3-7,10-11H2,1-2H3,(H,19,21). The number of piperidine rings is 1. The van der Waals surface area contributed by atoms with E-state index in [2.05, 4.69) is 5.32 Å². The molecule has 1 heterocycles. The first-order chi connectivity index (χ1) is 11.2. The molecule has 1 saturated heterocycles. The van der Waals surface area contributed by atoms with Crippen molar-refractivity contribution in [2.75, 3.05) is 32.7 Å². The molecule has 0 bridgehead atoms. The predicted molar refractivity (Wildman–Crippen MR) is 92.5 cm³/mol. The topological polar surface area (TPSA) is 50.8 Å². The quantitative estimate of drug-likeness (QED) is 0.791. The summed E-state index contributed by atoms with van der Waals surface area (Å²) < 4.78 is 10.2. The van der Waals surface area contributed by atoms with Crippen LogP contribution in [0.3, 0.4) is 0 Å². The van der Waals surface area contributed by atoms with Crippen LogP contribution in [0, 0.1) is 0 Å². The van der Waals surface area contributed by atoms with Crippen molar-refractivity contribution in [1.29, 1.82) is 0 Å². The number of nitrogens with one attached hydrogen (secondary N) is 1. The zero-order valence-corrected chi connectivity index (χ0v) is 14.6. The van der Waals surface area contributed by atoms with E-state index in [1.807, 2.05) is 4.90 Å². The Morgan fingerprint density at radius 1 is 1.39 bits per heavy atom. The SMILES string of the molecule is COCCCC1CCCCN1C(=O)Nc1ccc(OC)c(Cl)c1. The van der Waals surface area contributed by atoms with Crippen LogP contribution in [-0.2, 0) is 4.74 Å². The highest BCUT2D eigenvalue weighted by molar-refractivity contribution is 6.32. The van der Waals surface area contributed by atoms with E-state index in [0.29, 0.717) is 16.5 Å². The molecule has 1 N–H and O–H groups in total. The molecule has 1 unspecified atom stereocenters. The third kappa shape index (κ3) is 5.01. The highest BCUT2D eigenvalue weighted by Gasteiger charge is 2.26. The van der Waals surface area contributed by atoms with E-state index in [1.165, 1.54) is 6.42 Å². The normalized spacial score (nSPS) is 17.9. The number of likely N-dealkylation sites (tertiary alicyclic amines) is 1. The van der Waals surface area contributed by atoms with E-state index in [-0.39, 0.29) is 12.1 Å². The highest BCUT2D eigenvalue weighted by Crippen LogP contribution is 2.28. The Hall–Kier alpha value is -1.46. The van der Waals surface area contributed by atoms with Crippen molar-refractivity contribution in [2.45, 2.75) is 38.1 Å². The lowest BCUT2D eigenvalue weighted by Crippen LogP contribution is -2.46. The maximum absolute atomic E-state index is 12.6. The molecule has 0 aliphatic carbocycles. The monoisotopic (exact) mass is 340 g/mol. The fraction of sp³-hybridized carbons (Fsp3) is 0.588. The van der Waals surface area contributed by atoms with Crippen LogP contribution in [0.5, 0.6) is 5.75 Å². The maximum Gasteiger partial charge on any atom is 0.322 e. The fourth-order valence-corrected chi connectivity index (χ4v) is 3.23. The van der Waals surface area contributed by atoms with E-state index in [4.69, 9.17) is 21.1 Å². The summed E-state index contributed by atoms with van der Waals surface area (Å²) in [5.74, 6) is 0.597. The summed E-state index contributed by atoms with van der Waals surface area (Å²) in [4.78, 5) is 14.5. The second kappa shape index (κ2) is 8.99. The number of urea groups is 1. The van der Waals surface area contributed by atoms with Crippen LogP contribution in [0.25, 0.3) is 0 Å². The molecule has 0 saturated carbocycles. The Balaban J connectivity index is 1.98. The largest absolute Gasteiger partial charge is 0.495 e. The number of ether oxygens (including phenoxy) is 2. The Bertz CT molecular complexity index is 525. The predicted octanol–water partition coefficient (Wildman–Crippen LogP) is 4.16. The van der Waals surface area contributed by atoms with Gasteiger partial charge in [-0.2, -0.15) is 0 Å². The average molecular weight is 341 g/mol. The fourth-order valence-electron chi connectivity index (χ4n) is 2.97. The summed E-state index contributed by atoms with van der Waals surface area (Å²) >= 11 is 6.11. The number of hydrogen-bond acceptors (Lipinski definition) is 3. The Labute approximate surface area is 142 Å². The number of halogens is 1. The van der Waals surface area contributed by atoms with Crippen LogP contribution in [0.15, 0.2) is 18.2 Å². The van der Waals surface area contributed by atoms with Crippen molar-refractivity contribution in [1.82, 2.24) is 4.90 Å². The summed E-state index contributed by atoms with van der Waals surface area (Å²) in [6.07, 6.45) is 5.23. The van der Waals surface area contributed by atoms with Gasteiger partial charge in [0.2, 0.25) is 0 Å². The van der Waals surface area contributed by atoms with Gasteiger partial charge in [-0.3, -0.25) is 0 Å². The van der Waals surface area contributed by atoms with Gasteiger partial charge in [0.05, 0.1) is 12.1 Å². The van der Waals surface area contributed by atoms with Crippen LogP contribution >= 0.6 is 11.6 Å². The molecule has 0 aromatic heterocycles. The minimum atomic E-state index is -0.0617. The molecule has 0 radical (unpaired) electrons. The molecule has 2 amide bonds. The highest BCUT2D eigenvalue weighted by atomic mass is 35.5. The Morgan fingerprint density at radius 3 is 2.91 bits per heavy atom. The summed E-state index contributed by atoms with van der Waals surface area (Å²) in [5.41, 5.74) is 0.682.